The van der Waals surface area contributed by atoms with Gasteiger partial charge in [0, 0.05) is 20.2 Å². The predicted molar refractivity (Wildman–Crippen MR) is 88.3 cm³/mol. The minimum Gasteiger partial charge on any atom is -0.484 e. The number of nitrogens with zero attached hydrogens (tertiary/aromatic N) is 1. The van der Waals surface area contributed by atoms with Crippen LogP contribution in [0.3, 0.4) is 0 Å². The molecule has 118 valence electrons. The van der Waals surface area contributed by atoms with Gasteiger partial charge in [-0.25, -0.2) is 0 Å². The zero-order valence-electron chi connectivity index (χ0n) is 13.0. The lowest BCUT2D eigenvalue weighted by molar-refractivity contribution is -0.134. The van der Waals surface area contributed by atoms with Crippen molar-refractivity contribution in [3.8, 4) is 5.75 Å². The summed E-state index contributed by atoms with van der Waals surface area (Å²) in [6.45, 7) is 3.69. The average Bonchev–Trinajstić information content (AvgIpc) is 3.02. The molecule has 0 N–H and O–H groups in total. The summed E-state index contributed by atoms with van der Waals surface area (Å²) in [6.07, 6.45) is 0. The Balaban J connectivity index is 1.92. The van der Waals surface area contributed by atoms with Gasteiger partial charge in [-0.05, 0) is 47.0 Å². The van der Waals surface area contributed by atoms with Crippen LogP contribution in [-0.2, 0) is 16.1 Å². The lowest BCUT2D eigenvalue weighted by Crippen LogP contribution is -2.36. The van der Waals surface area contributed by atoms with Gasteiger partial charge in [0.15, 0.2) is 6.61 Å². The summed E-state index contributed by atoms with van der Waals surface area (Å²) < 4.78 is 10.7. The van der Waals surface area contributed by atoms with Crippen molar-refractivity contribution in [2.75, 3.05) is 26.9 Å². The van der Waals surface area contributed by atoms with Crippen molar-refractivity contribution in [3.05, 3.63) is 52.2 Å². The Bertz CT molecular complexity index is 583. The number of aryl methyl sites for hydroxylation is 1. The number of methoxy groups -OCH3 is 1. The molecule has 1 amide bonds. The fourth-order valence-corrected chi connectivity index (χ4v) is 2.70. The van der Waals surface area contributed by atoms with E-state index in [1.165, 1.54) is 0 Å². The Morgan fingerprint density at radius 3 is 2.86 bits per heavy atom. The highest BCUT2D eigenvalue weighted by Gasteiger charge is 2.15. The van der Waals surface area contributed by atoms with Crippen molar-refractivity contribution in [2.45, 2.75) is 13.5 Å². The zero-order chi connectivity index (χ0) is 15.8. The van der Waals surface area contributed by atoms with Crippen LogP contribution in [0.1, 0.15) is 11.1 Å². The maximum Gasteiger partial charge on any atom is 0.260 e. The number of hydrogen-bond donors (Lipinski definition) is 0. The van der Waals surface area contributed by atoms with E-state index in [4.69, 9.17) is 9.47 Å². The highest BCUT2D eigenvalue weighted by Crippen LogP contribution is 2.13. The van der Waals surface area contributed by atoms with E-state index in [2.05, 4.69) is 5.38 Å². The van der Waals surface area contributed by atoms with Crippen LogP contribution in [-0.4, -0.2) is 37.7 Å². The Morgan fingerprint density at radius 2 is 2.18 bits per heavy atom. The summed E-state index contributed by atoms with van der Waals surface area (Å²) in [5, 5.41) is 4.06. The number of carbonyl (C=O) groups is 1. The second-order valence-electron chi connectivity index (χ2n) is 5.04. The van der Waals surface area contributed by atoms with Crippen LogP contribution >= 0.6 is 11.3 Å². The second kappa shape index (κ2) is 8.56. The van der Waals surface area contributed by atoms with Gasteiger partial charge in [-0.15, -0.1) is 0 Å². The first-order chi connectivity index (χ1) is 10.7. The summed E-state index contributed by atoms with van der Waals surface area (Å²) in [7, 11) is 1.64. The number of amides is 1. The number of thiophene rings is 1. The van der Waals surface area contributed by atoms with Gasteiger partial charge in [0.25, 0.3) is 5.91 Å². The molecule has 0 unspecified atom stereocenters. The van der Waals surface area contributed by atoms with Crippen LogP contribution in [0.15, 0.2) is 41.1 Å². The Kier molecular flexibility index (Phi) is 6.43. The highest BCUT2D eigenvalue weighted by atomic mass is 32.1. The lowest BCUT2D eigenvalue weighted by Gasteiger charge is -2.22. The molecule has 0 saturated heterocycles. The highest BCUT2D eigenvalue weighted by molar-refractivity contribution is 7.07. The maximum absolute atomic E-state index is 12.4. The summed E-state index contributed by atoms with van der Waals surface area (Å²) >= 11 is 1.63. The van der Waals surface area contributed by atoms with E-state index in [1.807, 2.05) is 42.6 Å². The minimum absolute atomic E-state index is 0.0373. The number of rotatable bonds is 8. The maximum atomic E-state index is 12.4. The fraction of sp³-hybridized carbons (Fsp3) is 0.353. The van der Waals surface area contributed by atoms with Gasteiger partial charge in [-0.3, -0.25) is 4.79 Å². The third-order valence-electron chi connectivity index (χ3n) is 3.22. The molecule has 0 atom stereocenters. The van der Waals surface area contributed by atoms with E-state index in [9.17, 15) is 4.79 Å². The van der Waals surface area contributed by atoms with Gasteiger partial charge in [0.05, 0.1) is 6.61 Å². The molecule has 2 aromatic rings. The second-order valence-corrected chi connectivity index (χ2v) is 5.82. The summed E-state index contributed by atoms with van der Waals surface area (Å²) in [5.41, 5.74) is 2.24. The van der Waals surface area contributed by atoms with Crippen molar-refractivity contribution < 1.29 is 14.3 Å². The molecule has 5 heteroatoms. The first-order valence-corrected chi connectivity index (χ1v) is 8.10. The third kappa shape index (κ3) is 5.16. The number of ether oxygens (including phenoxy) is 2. The first-order valence-electron chi connectivity index (χ1n) is 7.16. The molecule has 0 aliphatic carbocycles. The van der Waals surface area contributed by atoms with Crippen LogP contribution in [0.2, 0.25) is 0 Å². The van der Waals surface area contributed by atoms with Gasteiger partial charge < -0.3 is 14.4 Å². The Hall–Kier alpha value is -1.85. The molecule has 1 aromatic carbocycles. The Labute approximate surface area is 135 Å². The standard InChI is InChI=1S/C17H21NO3S/c1-14-4-3-5-16(10-14)21-12-17(19)18(7-8-20-2)11-15-6-9-22-13-15/h3-6,9-10,13H,7-8,11-12H2,1-2H3. The van der Waals surface area contributed by atoms with Crippen molar-refractivity contribution in [1.29, 1.82) is 0 Å². The van der Waals surface area contributed by atoms with Crippen LogP contribution in [0.5, 0.6) is 5.75 Å². The third-order valence-corrected chi connectivity index (χ3v) is 3.96. The minimum atomic E-state index is -0.0373. The van der Waals surface area contributed by atoms with E-state index in [-0.39, 0.29) is 12.5 Å². The van der Waals surface area contributed by atoms with Crippen LogP contribution in [0.4, 0.5) is 0 Å². The molecule has 1 aromatic heterocycles. The quantitative estimate of drug-likeness (QED) is 0.750. The summed E-state index contributed by atoms with van der Waals surface area (Å²) in [6, 6.07) is 9.72. The molecule has 0 aliphatic heterocycles. The first kappa shape index (κ1) is 16.5. The van der Waals surface area contributed by atoms with E-state index in [0.29, 0.717) is 19.7 Å². The molecule has 0 aliphatic rings. The molecule has 0 bridgehead atoms. The molecule has 0 spiro atoms. The molecule has 0 fully saturated rings. The zero-order valence-corrected chi connectivity index (χ0v) is 13.8. The van der Waals surface area contributed by atoms with Gasteiger partial charge in [-0.1, -0.05) is 12.1 Å². The molecular weight excluding hydrogens is 298 g/mol. The van der Waals surface area contributed by atoms with E-state index < -0.39 is 0 Å². The Morgan fingerprint density at radius 1 is 1.32 bits per heavy atom. The van der Waals surface area contributed by atoms with E-state index >= 15 is 0 Å². The number of hydrogen-bond acceptors (Lipinski definition) is 4. The van der Waals surface area contributed by atoms with E-state index in [0.717, 1.165) is 16.9 Å². The molecule has 0 radical (unpaired) electrons. The van der Waals surface area contributed by atoms with Crippen molar-refractivity contribution in [3.63, 3.8) is 0 Å². The molecule has 2 rings (SSSR count). The van der Waals surface area contributed by atoms with Crippen molar-refractivity contribution in [2.24, 2.45) is 0 Å². The van der Waals surface area contributed by atoms with Gasteiger partial charge >= 0.3 is 0 Å². The van der Waals surface area contributed by atoms with Crippen LogP contribution < -0.4 is 4.74 Å². The fourth-order valence-electron chi connectivity index (χ4n) is 2.04. The smallest absolute Gasteiger partial charge is 0.260 e. The van der Waals surface area contributed by atoms with Crippen molar-refractivity contribution >= 4 is 17.2 Å². The van der Waals surface area contributed by atoms with Crippen LogP contribution in [0.25, 0.3) is 0 Å². The molecule has 4 nitrogen and oxygen atoms in total. The topological polar surface area (TPSA) is 38.8 Å². The van der Waals surface area contributed by atoms with Crippen molar-refractivity contribution in [1.82, 2.24) is 4.90 Å². The van der Waals surface area contributed by atoms with Crippen LogP contribution in [0, 0.1) is 6.92 Å². The largest absolute Gasteiger partial charge is 0.484 e. The molecule has 1 heterocycles. The number of benzene rings is 1. The SMILES string of the molecule is COCCN(Cc1ccsc1)C(=O)COc1cccc(C)c1. The number of carbonyl (C=O) groups excluding carboxylic acids is 1. The molecule has 0 saturated carbocycles. The monoisotopic (exact) mass is 319 g/mol. The van der Waals surface area contributed by atoms with E-state index in [1.54, 1.807) is 23.3 Å². The average molecular weight is 319 g/mol. The normalized spacial score (nSPS) is 10.5. The predicted octanol–water partition coefficient (Wildman–Crippen LogP) is 3.11. The summed E-state index contributed by atoms with van der Waals surface area (Å²) in [5.74, 6) is 0.681. The van der Waals surface area contributed by atoms with Gasteiger partial charge in [0.2, 0.25) is 0 Å². The lowest BCUT2D eigenvalue weighted by atomic mass is 10.2. The molecule has 22 heavy (non-hydrogen) atoms. The molecular formula is C17H21NO3S. The summed E-state index contributed by atoms with van der Waals surface area (Å²) in [4.78, 5) is 14.1. The van der Waals surface area contributed by atoms with Gasteiger partial charge in [0.1, 0.15) is 5.75 Å². The van der Waals surface area contributed by atoms with Gasteiger partial charge in [-0.2, -0.15) is 11.3 Å².